The molecule has 2 aromatic heterocycles. The van der Waals surface area contributed by atoms with E-state index in [2.05, 4.69) is 20.4 Å². The van der Waals surface area contributed by atoms with Gasteiger partial charge in [-0.3, -0.25) is 9.40 Å². The number of imidazole rings is 1. The van der Waals surface area contributed by atoms with Crippen molar-refractivity contribution in [2.24, 2.45) is 0 Å². The van der Waals surface area contributed by atoms with Gasteiger partial charge < -0.3 is 24.1 Å². The number of aliphatic hydroxyl groups excluding tert-OH is 1. The lowest BCUT2D eigenvalue weighted by Crippen LogP contribution is -2.38. The number of benzene rings is 3. The van der Waals surface area contributed by atoms with Crippen molar-refractivity contribution in [2.45, 2.75) is 30.5 Å². The average Bonchev–Trinajstić information content (AvgIpc) is 3.66. The van der Waals surface area contributed by atoms with Crippen molar-refractivity contribution in [3.05, 3.63) is 108 Å². The van der Waals surface area contributed by atoms with Crippen LogP contribution < -0.4 is 15.0 Å². The third-order valence-corrected chi connectivity index (χ3v) is 7.71. The summed E-state index contributed by atoms with van der Waals surface area (Å²) in [4.78, 5) is 18.0. The van der Waals surface area contributed by atoms with E-state index in [1.54, 1.807) is 25.1 Å². The summed E-state index contributed by atoms with van der Waals surface area (Å²) in [6.45, 7) is 0.0999. The maximum Gasteiger partial charge on any atom is 0.181 e. The van der Waals surface area contributed by atoms with Gasteiger partial charge in [0, 0.05) is 6.42 Å². The smallest absolute Gasteiger partial charge is 0.181 e. The first-order chi connectivity index (χ1) is 21.1. The minimum absolute atomic E-state index is 0.0999. The van der Waals surface area contributed by atoms with E-state index < -0.39 is 24.0 Å². The number of rotatable bonds is 11. The van der Waals surface area contributed by atoms with E-state index in [0.29, 0.717) is 23.4 Å². The monoisotopic (exact) mass is 583 g/mol. The third kappa shape index (κ3) is 5.39. The number of ether oxygens (including phenoxy) is 4. The van der Waals surface area contributed by atoms with Crippen LogP contribution in [0.1, 0.15) is 29.3 Å². The second kappa shape index (κ2) is 12.4. The first-order valence-corrected chi connectivity index (χ1v) is 13.9. The van der Waals surface area contributed by atoms with Crippen LogP contribution >= 0.6 is 0 Å². The van der Waals surface area contributed by atoms with Gasteiger partial charge in [0.15, 0.2) is 17.0 Å². The summed E-state index contributed by atoms with van der Waals surface area (Å²) in [6.07, 6.45) is 1.46. The van der Waals surface area contributed by atoms with Crippen LogP contribution in [0.2, 0.25) is 0 Å². The Morgan fingerprint density at radius 2 is 1.49 bits per heavy atom. The van der Waals surface area contributed by atoms with E-state index in [4.69, 9.17) is 23.8 Å². The first-order valence-electron chi connectivity index (χ1n) is 13.9. The van der Waals surface area contributed by atoms with Crippen LogP contribution in [0.25, 0.3) is 11.2 Å². The molecule has 6 rings (SSSR count). The Morgan fingerprint density at radius 3 is 2.09 bits per heavy atom. The van der Waals surface area contributed by atoms with Crippen LogP contribution in [0.5, 0.6) is 11.5 Å². The predicted octanol–water partition coefficient (Wildman–Crippen LogP) is 4.47. The molecule has 222 valence electrons. The summed E-state index contributed by atoms with van der Waals surface area (Å²) in [7, 11) is 4.78. The quantitative estimate of drug-likeness (QED) is 0.170. The zero-order valence-electron chi connectivity index (χ0n) is 24.1. The van der Waals surface area contributed by atoms with Crippen molar-refractivity contribution in [3.8, 4) is 11.5 Å². The van der Waals surface area contributed by atoms with Crippen LogP contribution in [-0.4, -0.2) is 64.8 Å². The zero-order chi connectivity index (χ0) is 29.8. The number of aromatic nitrogens is 4. The molecule has 0 radical (unpaired) electrons. The molecule has 11 nitrogen and oxygen atoms in total. The van der Waals surface area contributed by atoms with Gasteiger partial charge in [0.25, 0.3) is 0 Å². The lowest BCUT2D eigenvalue weighted by molar-refractivity contribution is -0.0931. The van der Waals surface area contributed by atoms with E-state index in [-0.39, 0.29) is 6.61 Å². The number of nitrogens with one attached hydrogen (secondary N) is 1. The third-order valence-electron chi connectivity index (χ3n) is 7.71. The van der Waals surface area contributed by atoms with Crippen LogP contribution in [-0.2, 0) is 19.9 Å². The SMILES string of the molecule is CONc1ncnc2c1ncn2[C@H]1C[C@H](O)[C@@H](COC(c2ccccc2)(c2ccc(OC)cc2)c2ccc(OC)cc2)O1. The van der Waals surface area contributed by atoms with Crippen molar-refractivity contribution < 1.29 is 28.9 Å². The maximum atomic E-state index is 11.2. The summed E-state index contributed by atoms with van der Waals surface area (Å²) < 4.78 is 26.0. The number of hydrogen-bond acceptors (Lipinski definition) is 10. The van der Waals surface area contributed by atoms with Crippen molar-refractivity contribution in [2.75, 3.05) is 33.4 Å². The van der Waals surface area contributed by atoms with E-state index >= 15 is 0 Å². The summed E-state index contributed by atoms with van der Waals surface area (Å²) >= 11 is 0. The van der Waals surface area contributed by atoms with E-state index in [0.717, 1.165) is 28.2 Å². The lowest BCUT2D eigenvalue weighted by atomic mass is 9.80. The van der Waals surface area contributed by atoms with Gasteiger partial charge >= 0.3 is 0 Å². The molecule has 0 aliphatic carbocycles. The normalized spacial score (nSPS) is 18.6. The molecule has 5 aromatic rings. The fourth-order valence-corrected chi connectivity index (χ4v) is 5.55. The highest BCUT2D eigenvalue weighted by Gasteiger charge is 2.42. The molecular weight excluding hydrogens is 550 g/mol. The van der Waals surface area contributed by atoms with Gasteiger partial charge in [-0.25, -0.2) is 20.4 Å². The fourth-order valence-electron chi connectivity index (χ4n) is 5.55. The number of aliphatic hydroxyl groups is 1. The molecule has 11 heteroatoms. The Balaban J connectivity index is 1.35. The highest BCUT2D eigenvalue weighted by molar-refractivity contribution is 5.82. The summed E-state index contributed by atoms with van der Waals surface area (Å²) in [6, 6.07) is 25.6. The fraction of sp³-hybridized carbons (Fsp3) is 0.281. The van der Waals surface area contributed by atoms with Crippen molar-refractivity contribution in [3.63, 3.8) is 0 Å². The number of nitrogens with zero attached hydrogens (tertiary/aromatic N) is 4. The molecule has 0 bridgehead atoms. The zero-order valence-corrected chi connectivity index (χ0v) is 24.1. The van der Waals surface area contributed by atoms with E-state index in [9.17, 15) is 5.11 Å². The molecule has 3 atom stereocenters. The second-order valence-corrected chi connectivity index (χ2v) is 10.1. The van der Waals surface area contributed by atoms with Gasteiger partial charge in [0.1, 0.15) is 35.8 Å². The first kappa shape index (κ1) is 28.6. The van der Waals surface area contributed by atoms with Gasteiger partial charge in [-0.2, -0.15) is 0 Å². The standard InChI is InChI=1S/C32H33N5O6/c1-39-24-13-9-22(10-14-24)32(21-7-5-4-6-8-21,23-11-15-25(40-2)16-12-23)42-18-27-26(38)17-28(43-27)37-20-35-29-30(36-41-3)33-19-34-31(29)37/h4-16,19-20,26-28,38H,17-18H2,1-3H3,(H,33,34,36)/t26-,27+,28+/m0/s1. The average molecular weight is 584 g/mol. The largest absolute Gasteiger partial charge is 0.497 e. The van der Waals surface area contributed by atoms with Crippen LogP contribution in [0.15, 0.2) is 91.5 Å². The molecule has 0 spiro atoms. The highest BCUT2D eigenvalue weighted by atomic mass is 16.6. The van der Waals surface area contributed by atoms with E-state index in [1.165, 1.54) is 13.4 Å². The molecular formula is C32H33N5O6. The van der Waals surface area contributed by atoms with Gasteiger partial charge in [-0.1, -0.05) is 54.6 Å². The minimum atomic E-state index is -1.03. The molecule has 2 N–H and O–H groups in total. The van der Waals surface area contributed by atoms with Crippen molar-refractivity contribution >= 4 is 17.0 Å². The molecule has 1 aliphatic rings. The van der Waals surface area contributed by atoms with Gasteiger partial charge in [-0.05, 0) is 41.0 Å². The summed E-state index contributed by atoms with van der Waals surface area (Å²) in [5, 5.41) is 11.2. The molecule has 43 heavy (non-hydrogen) atoms. The Kier molecular flexibility index (Phi) is 8.21. The number of anilines is 1. The highest BCUT2D eigenvalue weighted by Crippen LogP contribution is 2.43. The minimum Gasteiger partial charge on any atom is -0.497 e. The van der Waals surface area contributed by atoms with E-state index in [1.807, 2.05) is 78.9 Å². The maximum absolute atomic E-state index is 11.2. The molecule has 1 fully saturated rings. The van der Waals surface area contributed by atoms with Crippen LogP contribution in [0.3, 0.4) is 0 Å². The number of hydrogen-bond donors (Lipinski definition) is 2. The topological polar surface area (TPSA) is 122 Å². The van der Waals surface area contributed by atoms with Gasteiger partial charge in [0.05, 0.1) is 40.4 Å². The Bertz CT molecular complexity index is 1600. The van der Waals surface area contributed by atoms with Crippen molar-refractivity contribution in [1.29, 1.82) is 0 Å². The molecule has 0 amide bonds. The summed E-state index contributed by atoms with van der Waals surface area (Å²) in [5.74, 6) is 1.91. The predicted molar refractivity (Wildman–Crippen MR) is 159 cm³/mol. The molecule has 0 saturated carbocycles. The van der Waals surface area contributed by atoms with Crippen molar-refractivity contribution in [1.82, 2.24) is 19.5 Å². The Labute approximate surface area is 249 Å². The molecule has 0 unspecified atom stereocenters. The lowest BCUT2D eigenvalue weighted by Gasteiger charge is -2.37. The van der Waals surface area contributed by atoms with Gasteiger partial charge in [-0.15, -0.1) is 0 Å². The Morgan fingerprint density at radius 1 is 0.860 bits per heavy atom. The molecule has 3 heterocycles. The number of methoxy groups -OCH3 is 2. The Hall–Kier alpha value is -4.55. The summed E-state index contributed by atoms with van der Waals surface area (Å²) in [5.41, 5.74) is 5.48. The van der Waals surface area contributed by atoms with Gasteiger partial charge in [0.2, 0.25) is 0 Å². The van der Waals surface area contributed by atoms with Crippen LogP contribution in [0.4, 0.5) is 5.82 Å². The van der Waals surface area contributed by atoms with Crippen LogP contribution in [0, 0.1) is 0 Å². The second-order valence-electron chi connectivity index (χ2n) is 10.1. The molecule has 3 aromatic carbocycles. The number of fused-ring (bicyclic) bond motifs is 1. The molecule has 1 saturated heterocycles. The molecule has 1 aliphatic heterocycles.